The third-order valence-corrected chi connectivity index (χ3v) is 3.22. The van der Waals surface area contributed by atoms with Gasteiger partial charge in [0.2, 0.25) is 0 Å². The van der Waals surface area contributed by atoms with E-state index in [0.717, 1.165) is 25.7 Å². The summed E-state index contributed by atoms with van der Waals surface area (Å²) >= 11 is 0. The van der Waals surface area contributed by atoms with Gasteiger partial charge in [0.1, 0.15) is 5.54 Å². The van der Waals surface area contributed by atoms with Gasteiger partial charge in [-0.25, -0.2) is 4.79 Å². The zero-order valence-corrected chi connectivity index (χ0v) is 8.27. The third kappa shape index (κ3) is 1.61. The van der Waals surface area contributed by atoms with E-state index in [2.05, 4.69) is 10.6 Å². The summed E-state index contributed by atoms with van der Waals surface area (Å²) in [5, 5.41) is 5.12. The fourth-order valence-electron chi connectivity index (χ4n) is 2.39. The highest BCUT2D eigenvalue weighted by Gasteiger charge is 2.45. The molecule has 4 heteroatoms. The molecule has 78 valence electrons. The maximum atomic E-state index is 11.6. The number of carbonyl (C=O) groups is 2. The van der Waals surface area contributed by atoms with Crippen LogP contribution in [0.15, 0.2) is 0 Å². The number of imide groups is 1. The zero-order valence-electron chi connectivity index (χ0n) is 8.27. The van der Waals surface area contributed by atoms with E-state index in [1.807, 2.05) is 0 Å². The summed E-state index contributed by atoms with van der Waals surface area (Å²) < 4.78 is 0. The molecule has 0 atom stereocenters. The van der Waals surface area contributed by atoms with Crippen molar-refractivity contribution in [1.29, 1.82) is 0 Å². The van der Waals surface area contributed by atoms with E-state index in [0.29, 0.717) is 0 Å². The molecular weight excluding hydrogens is 179 g/mol. The smallest absolute Gasteiger partial charge is 0.322 e. The van der Waals surface area contributed by atoms with Gasteiger partial charge in [0, 0.05) is 0 Å². The Balaban J connectivity index is 2.11. The lowest BCUT2D eigenvalue weighted by Gasteiger charge is -2.27. The van der Waals surface area contributed by atoms with Crippen molar-refractivity contribution in [3.63, 3.8) is 0 Å². The van der Waals surface area contributed by atoms with E-state index in [-0.39, 0.29) is 11.9 Å². The highest BCUT2D eigenvalue weighted by atomic mass is 16.2. The van der Waals surface area contributed by atoms with Crippen molar-refractivity contribution in [1.82, 2.24) is 10.6 Å². The molecule has 1 aliphatic heterocycles. The van der Waals surface area contributed by atoms with Crippen LogP contribution in [0.25, 0.3) is 0 Å². The quantitative estimate of drug-likeness (QED) is 0.572. The van der Waals surface area contributed by atoms with Crippen LogP contribution >= 0.6 is 0 Å². The molecule has 0 bridgehead atoms. The maximum absolute atomic E-state index is 11.6. The number of rotatable bonds is 0. The first-order valence-corrected chi connectivity index (χ1v) is 5.37. The van der Waals surface area contributed by atoms with Crippen LogP contribution in [-0.4, -0.2) is 17.5 Å². The molecule has 1 spiro atoms. The van der Waals surface area contributed by atoms with Crippen molar-refractivity contribution in [2.24, 2.45) is 0 Å². The van der Waals surface area contributed by atoms with Crippen molar-refractivity contribution in [2.75, 3.05) is 0 Å². The van der Waals surface area contributed by atoms with Crippen molar-refractivity contribution in [2.45, 2.75) is 50.5 Å². The van der Waals surface area contributed by atoms with Crippen LogP contribution < -0.4 is 10.6 Å². The van der Waals surface area contributed by atoms with E-state index in [1.165, 1.54) is 19.3 Å². The molecule has 1 saturated heterocycles. The topological polar surface area (TPSA) is 58.2 Å². The highest BCUT2D eigenvalue weighted by Crippen LogP contribution is 2.28. The fourth-order valence-corrected chi connectivity index (χ4v) is 2.39. The largest absolute Gasteiger partial charge is 0.323 e. The predicted octanol–water partition coefficient (Wildman–Crippen LogP) is 1.31. The molecule has 4 nitrogen and oxygen atoms in total. The first-order valence-electron chi connectivity index (χ1n) is 5.37. The molecule has 2 N–H and O–H groups in total. The second kappa shape index (κ2) is 3.59. The first-order chi connectivity index (χ1) is 6.73. The molecule has 1 saturated carbocycles. The lowest BCUT2D eigenvalue weighted by Crippen LogP contribution is -2.47. The van der Waals surface area contributed by atoms with Crippen LogP contribution in [0.4, 0.5) is 4.79 Å². The number of nitrogens with one attached hydrogen (secondary N) is 2. The molecule has 1 aliphatic carbocycles. The van der Waals surface area contributed by atoms with Crippen LogP contribution in [-0.2, 0) is 4.79 Å². The summed E-state index contributed by atoms with van der Waals surface area (Å²) in [6.45, 7) is 0. The Bertz CT molecular complexity index is 255. The van der Waals surface area contributed by atoms with Gasteiger partial charge in [-0.15, -0.1) is 0 Å². The Morgan fingerprint density at radius 1 is 0.929 bits per heavy atom. The van der Waals surface area contributed by atoms with E-state index >= 15 is 0 Å². The molecule has 1 heterocycles. The molecule has 2 aliphatic rings. The fraction of sp³-hybridized carbons (Fsp3) is 0.800. The van der Waals surface area contributed by atoms with E-state index in [1.54, 1.807) is 0 Å². The van der Waals surface area contributed by atoms with Gasteiger partial charge >= 0.3 is 6.03 Å². The van der Waals surface area contributed by atoms with Gasteiger partial charge in [0.15, 0.2) is 0 Å². The second-order valence-corrected chi connectivity index (χ2v) is 4.26. The monoisotopic (exact) mass is 195 g/mol. The standard InChI is InChI=1S/C10H16N2O2/c13-8-10(12-9(14)11-8)6-4-2-1-3-5-7-10/h1-7H2,(H2,11,12,13,14)/i8-1. The summed E-state index contributed by atoms with van der Waals surface area (Å²) in [5.74, 6) is -0.121. The normalized spacial score (nSPS) is 26.6. The highest BCUT2D eigenvalue weighted by molar-refractivity contribution is 6.06. The molecule has 2 fully saturated rings. The number of amides is 3. The van der Waals surface area contributed by atoms with E-state index < -0.39 is 5.54 Å². The summed E-state index contributed by atoms with van der Waals surface area (Å²) in [5.41, 5.74) is -0.572. The Kier molecular flexibility index (Phi) is 2.44. The predicted molar refractivity (Wildman–Crippen MR) is 51.7 cm³/mol. The van der Waals surface area contributed by atoms with Gasteiger partial charge in [0.25, 0.3) is 5.91 Å². The first kappa shape index (κ1) is 9.49. The Morgan fingerprint density at radius 2 is 1.50 bits per heavy atom. The third-order valence-electron chi connectivity index (χ3n) is 3.22. The van der Waals surface area contributed by atoms with E-state index in [9.17, 15) is 9.59 Å². The van der Waals surface area contributed by atoms with Crippen LogP contribution in [0.1, 0.15) is 44.9 Å². The Morgan fingerprint density at radius 3 is 2.00 bits per heavy atom. The molecule has 3 amide bonds. The number of hydrogen-bond donors (Lipinski definition) is 2. The molecule has 14 heavy (non-hydrogen) atoms. The minimum atomic E-state index is -0.572. The minimum Gasteiger partial charge on any atom is -0.323 e. The van der Waals surface area contributed by atoms with Crippen LogP contribution in [0.2, 0.25) is 0 Å². The van der Waals surface area contributed by atoms with Crippen molar-refractivity contribution < 1.29 is 9.59 Å². The summed E-state index contributed by atoms with van der Waals surface area (Å²) in [4.78, 5) is 22.7. The Labute approximate surface area is 83.4 Å². The van der Waals surface area contributed by atoms with Crippen molar-refractivity contribution in [3.05, 3.63) is 0 Å². The molecule has 0 unspecified atom stereocenters. The molecule has 0 radical (unpaired) electrons. The SMILES string of the molecule is O=C1N[11C](=O)C2(CCCCCCC2)N1. The van der Waals surface area contributed by atoms with Crippen molar-refractivity contribution >= 4 is 11.9 Å². The van der Waals surface area contributed by atoms with Gasteiger partial charge in [0.05, 0.1) is 0 Å². The van der Waals surface area contributed by atoms with Crippen LogP contribution in [0.5, 0.6) is 0 Å². The Hall–Kier alpha value is -1.06. The summed E-state index contributed by atoms with van der Waals surface area (Å²) in [6, 6.07) is -0.324. The zero-order chi connectivity index (χ0) is 10.0. The molecule has 2 rings (SSSR count). The van der Waals surface area contributed by atoms with E-state index in [4.69, 9.17) is 0 Å². The number of urea groups is 1. The summed E-state index contributed by atoms with van der Waals surface area (Å²) in [6.07, 6.45) is 7.26. The second-order valence-electron chi connectivity index (χ2n) is 4.26. The van der Waals surface area contributed by atoms with Gasteiger partial charge in [-0.1, -0.05) is 32.1 Å². The van der Waals surface area contributed by atoms with Gasteiger partial charge in [-0.2, -0.15) is 0 Å². The lowest BCUT2D eigenvalue weighted by molar-refractivity contribution is -0.124. The van der Waals surface area contributed by atoms with Crippen molar-refractivity contribution in [3.8, 4) is 0 Å². The van der Waals surface area contributed by atoms with Gasteiger partial charge < -0.3 is 5.32 Å². The number of hydrogen-bond acceptors (Lipinski definition) is 2. The average Bonchev–Trinajstić information content (AvgIpc) is 2.36. The summed E-state index contributed by atoms with van der Waals surface area (Å²) in [7, 11) is 0. The van der Waals surface area contributed by atoms with Crippen LogP contribution in [0, 0.1) is 0 Å². The molecular formula is C10H16N2O2. The van der Waals surface area contributed by atoms with Gasteiger partial charge in [-0.3, -0.25) is 10.1 Å². The molecule has 0 aromatic rings. The minimum absolute atomic E-state index is 0.121. The average molecular weight is 195 g/mol. The van der Waals surface area contributed by atoms with Gasteiger partial charge in [-0.05, 0) is 12.8 Å². The molecule has 0 aromatic carbocycles. The lowest BCUT2D eigenvalue weighted by atomic mass is 9.67. The maximum Gasteiger partial charge on any atom is 0.322 e. The molecule has 0 aromatic heterocycles. The number of carbonyl (C=O) groups excluding carboxylic acids is 2. The van der Waals surface area contributed by atoms with Crippen LogP contribution in [0.3, 0.4) is 0 Å².